The third kappa shape index (κ3) is 6.87. The molecule has 0 saturated carbocycles. The Morgan fingerprint density at radius 3 is 2.41 bits per heavy atom. The first-order chi connectivity index (χ1) is 15.9. The molecule has 12 heteroatoms. The Kier molecular flexibility index (Phi) is 7.72. The molecule has 2 heterocycles. The number of aromatic nitrogens is 2. The number of halogens is 3. The van der Waals surface area contributed by atoms with E-state index in [-0.39, 0.29) is 11.4 Å². The van der Waals surface area contributed by atoms with E-state index in [4.69, 9.17) is 14.6 Å². The summed E-state index contributed by atoms with van der Waals surface area (Å²) in [6.45, 7) is 6.93. The fourth-order valence-corrected chi connectivity index (χ4v) is 3.79. The molecule has 2 aromatic carbocycles. The van der Waals surface area contributed by atoms with Gasteiger partial charge in [0.15, 0.2) is 0 Å². The molecule has 0 bridgehead atoms. The predicted molar refractivity (Wildman–Crippen MR) is 120 cm³/mol. The Balaban J connectivity index is 0.000000406. The van der Waals surface area contributed by atoms with Crippen molar-refractivity contribution in [2.45, 2.75) is 32.2 Å². The number of carboxylic acids is 1. The zero-order chi connectivity index (χ0) is 24.9. The standard InChI is InChI=1S/C20H22N4O2S.C2HF3O2/c1-20(2)13-24(10-9-21-20)19(25)15-4-6-16(7-5-15)26-12-14-3-8-17-18(11-14)23-27-22-17;3-2(4,5)1(6)7/h3-8,11,21H,9-10,12-13H2,1-2H3;(H,6,7). The molecule has 182 valence electrons. The van der Waals surface area contributed by atoms with Crippen molar-refractivity contribution in [3.05, 3.63) is 53.6 Å². The summed E-state index contributed by atoms with van der Waals surface area (Å²) < 4.78 is 46.0. The number of hydrogen-bond donors (Lipinski definition) is 2. The molecule has 1 aromatic heterocycles. The molecule has 1 aliphatic rings. The van der Waals surface area contributed by atoms with Crippen LogP contribution in [0.1, 0.15) is 29.8 Å². The molecule has 0 unspecified atom stereocenters. The van der Waals surface area contributed by atoms with Crippen LogP contribution in [-0.4, -0.2) is 62.0 Å². The fourth-order valence-electron chi connectivity index (χ4n) is 3.28. The molecular formula is C22H23F3N4O4S. The van der Waals surface area contributed by atoms with Crippen LogP contribution in [0, 0.1) is 0 Å². The van der Waals surface area contributed by atoms with E-state index in [2.05, 4.69) is 27.9 Å². The van der Waals surface area contributed by atoms with Gasteiger partial charge >= 0.3 is 12.1 Å². The number of carbonyl (C=O) groups excluding carboxylic acids is 1. The highest BCUT2D eigenvalue weighted by molar-refractivity contribution is 7.00. The number of nitrogens with zero attached hydrogens (tertiary/aromatic N) is 3. The highest BCUT2D eigenvalue weighted by atomic mass is 32.1. The summed E-state index contributed by atoms with van der Waals surface area (Å²) in [5, 5.41) is 10.5. The van der Waals surface area contributed by atoms with E-state index in [0.717, 1.165) is 35.4 Å². The van der Waals surface area contributed by atoms with Crippen molar-refractivity contribution in [2.75, 3.05) is 19.6 Å². The van der Waals surface area contributed by atoms with Gasteiger partial charge in [-0.2, -0.15) is 21.9 Å². The van der Waals surface area contributed by atoms with E-state index in [1.54, 1.807) is 0 Å². The van der Waals surface area contributed by atoms with Crippen molar-refractivity contribution in [1.82, 2.24) is 19.0 Å². The van der Waals surface area contributed by atoms with Gasteiger partial charge in [-0.25, -0.2) is 4.79 Å². The molecular weight excluding hydrogens is 473 g/mol. The summed E-state index contributed by atoms with van der Waals surface area (Å²) in [4.78, 5) is 23.5. The van der Waals surface area contributed by atoms with Gasteiger partial charge in [0.25, 0.3) is 5.91 Å². The number of fused-ring (bicyclic) bond motifs is 1. The molecule has 4 rings (SSSR count). The molecule has 0 radical (unpaired) electrons. The normalized spacial score (nSPS) is 15.4. The molecule has 1 aliphatic heterocycles. The summed E-state index contributed by atoms with van der Waals surface area (Å²) >= 11 is 1.21. The molecule has 0 atom stereocenters. The minimum atomic E-state index is -5.08. The molecule has 2 N–H and O–H groups in total. The van der Waals surface area contributed by atoms with Crippen LogP contribution >= 0.6 is 11.7 Å². The van der Waals surface area contributed by atoms with Crippen molar-refractivity contribution < 1.29 is 32.6 Å². The lowest BCUT2D eigenvalue weighted by molar-refractivity contribution is -0.192. The van der Waals surface area contributed by atoms with E-state index in [1.165, 1.54) is 11.7 Å². The lowest BCUT2D eigenvalue weighted by Crippen LogP contribution is -2.58. The van der Waals surface area contributed by atoms with Crippen LogP contribution in [0.4, 0.5) is 13.2 Å². The Morgan fingerprint density at radius 2 is 1.79 bits per heavy atom. The highest BCUT2D eigenvalue weighted by Crippen LogP contribution is 2.19. The van der Waals surface area contributed by atoms with Gasteiger partial charge in [-0.05, 0) is 55.8 Å². The van der Waals surface area contributed by atoms with Crippen molar-refractivity contribution in [3.8, 4) is 5.75 Å². The number of rotatable bonds is 4. The lowest BCUT2D eigenvalue weighted by atomic mass is 10.0. The van der Waals surface area contributed by atoms with E-state index < -0.39 is 12.1 Å². The number of piperazine rings is 1. The second-order valence-corrected chi connectivity index (χ2v) is 8.77. The number of carbonyl (C=O) groups is 2. The first-order valence-electron chi connectivity index (χ1n) is 10.2. The Hall–Kier alpha value is -3.25. The van der Waals surface area contributed by atoms with Gasteiger partial charge in [-0.3, -0.25) is 4.79 Å². The molecule has 1 amide bonds. The van der Waals surface area contributed by atoms with Crippen LogP contribution in [-0.2, 0) is 11.4 Å². The van der Waals surface area contributed by atoms with Gasteiger partial charge < -0.3 is 20.1 Å². The van der Waals surface area contributed by atoms with Gasteiger partial charge in [0.2, 0.25) is 0 Å². The molecule has 1 saturated heterocycles. The largest absolute Gasteiger partial charge is 0.490 e. The van der Waals surface area contributed by atoms with Crippen LogP contribution < -0.4 is 10.1 Å². The van der Waals surface area contributed by atoms with E-state index in [1.807, 2.05) is 47.4 Å². The fraction of sp³-hybridized carbons (Fsp3) is 0.364. The Bertz CT molecular complexity index is 1150. The number of alkyl halides is 3. The second-order valence-electron chi connectivity index (χ2n) is 8.24. The predicted octanol–water partition coefficient (Wildman–Crippen LogP) is 3.73. The number of hydrogen-bond acceptors (Lipinski definition) is 7. The molecule has 0 aliphatic carbocycles. The summed E-state index contributed by atoms with van der Waals surface area (Å²) in [7, 11) is 0. The van der Waals surface area contributed by atoms with Crippen LogP contribution in [0.25, 0.3) is 11.0 Å². The zero-order valence-electron chi connectivity index (χ0n) is 18.4. The third-order valence-corrected chi connectivity index (χ3v) is 5.48. The summed E-state index contributed by atoms with van der Waals surface area (Å²) in [6, 6.07) is 13.3. The van der Waals surface area contributed by atoms with E-state index >= 15 is 0 Å². The van der Waals surface area contributed by atoms with Crippen molar-refractivity contribution in [1.29, 1.82) is 0 Å². The maximum absolute atomic E-state index is 12.7. The van der Waals surface area contributed by atoms with Gasteiger partial charge in [0, 0.05) is 30.7 Å². The quantitative estimate of drug-likeness (QED) is 0.567. The van der Waals surface area contributed by atoms with Crippen molar-refractivity contribution >= 4 is 34.6 Å². The topological polar surface area (TPSA) is 105 Å². The van der Waals surface area contributed by atoms with Gasteiger partial charge in [-0.1, -0.05) is 6.07 Å². The molecule has 0 spiro atoms. The van der Waals surface area contributed by atoms with Gasteiger partial charge in [-0.15, -0.1) is 0 Å². The number of amides is 1. The van der Waals surface area contributed by atoms with Crippen LogP contribution in [0.15, 0.2) is 42.5 Å². The smallest absolute Gasteiger partial charge is 0.489 e. The van der Waals surface area contributed by atoms with E-state index in [9.17, 15) is 18.0 Å². The van der Waals surface area contributed by atoms with Crippen LogP contribution in [0.5, 0.6) is 5.75 Å². The first-order valence-corrected chi connectivity index (χ1v) is 11.0. The monoisotopic (exact) mass is 496 g/mol. The first kappa shape index (κ1) is 25.4. The van der Waals surface area contributed by atoms with Crippen molar-refractivity contribution in [3.63, 3.8) is 0 Å². The van der Waals surface area contributed by atoms with Gasteiger partial charge in [0.1, 0.15) is 23.4 Å². The zero-order valence-corrected chi connectivity index (χ0v) is 19.2. The van der Waals surface area contributed by atoms with E-state index in [0.29, 0.717) is 18.7 Å². The average molecular weight is 497 g/mol. The number of aliphatic carboxylic acids is 1. The van der Waals surface area contributed by atoms with Crippen molar-refractivity contribution in [2.24, 2.45) is 0 Å². The molecule has 34 heavy (non-hydrogen) atoms. The highest BCUT2D eigenvalue weighted by Gasteiger charge is 2.38. The Labute approximate surface area is 197 Å². The molecule has 3 aromatic rings. The number of ether oxygens (including phenoxy) is 1. The van der Waals surface area contributed by atoms with Gasteiger partial charge in [0.05, 0.1) is 11.7 Å². The SMILES string of the molecule is CC1(C)CN(C(=O)c2ccc(OCc3ccc4nsnc4c3)cc2)CCN1.O=C(O)C(F)(F)F. The summed E-state index contributed by atoms with van der Waals surface area (Å²) in [6.07, 6.45) is -5.08. The Morgan fingerprint density at radius 1 is 1.15 bits per heavy atom. The maximum atomic E-state index is 12.7. The van der Waals surface area contributed by atoms with Crippen LogP contribution in [0.2, 0.25) is 0 Å². The minimum absolute atomic E-state index is 0.0507. The minimum Gasteiger partial charge on any atom is -0.489 e. The van der Waals surface area contributed by atoms with Crippen LogP contribution in [0.3, 0.4) is 0 Å². The number of benzene rings is 2. The lowest BCUT2D eigenvalue weighted by Gasteiger charge is -2.39. The second kappa shape index (κ2) is 10.3. The number of nitrogens with one attached hydrogen (secondary N) is 1. The summed E-state index contributed by atoms with van der Waals surface area (Å²) in [5.74, 6) is -1.95. The maximum Gasteiger partial charge on any atom is 0.490 e. The molecule has 1 fully saturated rings. The summed E-state index contributed by atoms with van der Waals surface area (Å²) in [5.41, 5.74) is 3.47. The average Bonchev–Trinajstić information content (AvgIpc) is 3.24. The molecule has 8 nitrogen and oxygen atoms in total. The number of carboxylic acid groups (broad SMARTS) is 1. The third-order valence-electron chi connectivity index (χ3n) is 4.93.